The lowest BCUT2D eigenvalue weighted by molar-refractivity contribution is -0.145. The van der Waals surface area contributed by atoms with E-state index in [0.717, 1.165) is 4.88 Å². The molecule has 0 spiro atoms. The van der Waals surface area contributed by atoms with Crippen molar-refractivity contribution < 1.29 is 18.7 Å². The summed E-state index contributed by atoms with van der Waals surface area (Å²) in [4.78, 5) is 16.9. The number of carbonyl (C=O) groups is 1. The molecular formula is C18H14N2O4S. The zero-order valence-corrected chi connectivity index (χ0v) is 14.2. The number of ether oxygens (including phenoxy) is 2. The van der Waals surface area contributed by atoms with Crippen LogP contribution in [0.25, 0.3) is 21.9 Å². The highest BCUT2D eigenvalue weighted by atomic mass is 32.1. The molecule has 0 aliphatic rings. The largest absolute Gasteiger partial charge is 0.465 e. The molecule has 3 aromatic heterocycles. The molecule has 0 unspecified atom stereocenters. The molecule has 126 valence electrons. The first kappa shape index (κ1) is 16.7. The van der Waals surface area contributed by atoms with Gasteiger partial charge in [0.2, 0.25) is 5.88 Å². The van der Waals surface area contributed by atoms with E-state index in [0.29, 0.717) is 17.0 Å². The number of nitrogens with zero attached hydrogens (tertiary/aromatic N) is 2. The quantitative estimate of drug-likeness (QED) is 0.624. The summed E-state index contributed by atoms with van der Waals surface area (Å²) in [5.41, 5.74) is 1.41. The smallest absolute Gasteiger partial charge is 0.344 e. The van der Waals surface area contributed by atoms with Crippen LogP contribution in [0.15, 0.2) is 46.4 Å². The summed E-state index contributed by atoms with van der Waals surface area (Å²) in [6.45, 7) is 1.65. The highest BCUT2D eigenvalue weighted by molar-refractivity contribution is 7.13. The van der Waals surface area contributed by atoms with E-state index < -0.39 is 5.97 Å². The topological polar surface area (TPSA) is 85.3 Å². The molecule has 0 radical (unpaired) electrons. The second-order valence-corrected chi connectivity index (χ2v) is 5.84. The van der Waals surface area contributed by atoms with Gasteiger partial charge in [-0.25, -0.2) is 9.78 Å². The Morgan fingerprint density at radius 3 is 2.92 bits per heavy atom. The summed E-state index contributed by atoms with van der Waals surface area (Å²) in [5, 5.41) is 11.5. The molecule has 0 saturated carbocycles. The Morgan fingerprint density at radius 2 is 2.28 bits per heavy atom. The van der Waals surface area contributed by atoms with Crippen LogP contribution in [0.3, 0.4) is 0 Å². The summed E-state index contributed by atoms with van der Waals surface area (Å²) in [5.74, 6) is 0.0832. The summed E-state index contributed by atoms with van der Waals surface area (Å²) < 4.78 is 15.8. The van der Waals surface area contributed by atoms with Gasteiger partial charge in [0.05, 0.1) is 23.4 Å². The van der Waals surface area contributed by atoms with Gasteiger partial charge in [-0.15, -0.1) is 11.3 Å². The number of nitriles is 1. The van der Waals surface area contributed by atoms with Crippen LogP contribution in [0.5, 0.6) is 5.88 Å². The number of hydrogen-bond donors (Lipinski definition) is 0. The molecule has 3 aromatic rings. The van der Waals surface area contributed by atoms with Crippen molar-refractivity contribution in [2.45, 2.75) is 6.92 Å². The maximum atomic E-state index is 11.6. The van der Waals surface area contributed by atoms with Gasteiger partial charge in [-0.05, 0) is 36.6 Å². The molecule has 3 rings (SSSR count). The fourth-order valence-corrected chi connectivity index (χ4v) is 2.93. The first-order valence-electron chi connectivity index (χ1n) is 7.54. The number of aromatic nitrogens is 1. The zero-order valence-electron chi connectivity index (χ0n) is 13.4. The van der Waals surface area contributed by atoms with Gasteiger partial charge in [-0.1, -0.05) is 6.07 Å². The third kappa shape index (κ3) is 3.70. The van der Waals surface area contributed by atoms with Crippen LogP contribution in [-0.2, 0) is 9.53 Å². The summed E-state index contributed by atoms with van der Waals surface area (Å²) in [6.07, 6.45) is 1.53. The van der Waals surface area contributed by atoms with Crippen molar-refractivity contribution in [1.29, 1.82) is 5.26 Å². The third-order valence-electron chi connectivity index (χ3n) is 3.29. The van der Waals surface area contributed by atoms with E-state index in [1.807, 2.05) is 17.5 Å². The minimum Gasteiger partial charge on any atom is -0.465 e. The Morgan fingerprint density at radius 1 is 1.40 bits per heavy atom. The van der Waals surface area contributed by atoms with E-state index in [4.69, 9.17) is 13.9 Å². The van der Waals surface area contributed by atoms with Crippen molar-refractivity contribution >= 4 is 17.3 Å². The maximum Gasteiger partial charge on any atom is 0.344 e. The molecule has 0 N–H and O–H groups in total. The minimum absolute atomic E-state index is 0.0767. The zero-order chi connectivity index (χ0) is 17.6. The summed E-state index contributed by atoms with van der Waals surface area (Å²) in [6, 6.07) is 11.2. The number of hydrogen-bond acceptors (Lipinski definition) is 7. The van der Waals surface area contributed by atoms with Crippen molar-refractivity contribution in [3.05, 3.63) is 47.5 Å². The van der Waals surface area contributed by atoms with Gasteiger partial charge >= 0.3 is 5.97 Å². The van der Waals surface area contributed by atoms with Crippen molar-refractivity contribution in [3.8, 4) is 33.8 Å². The maximum absolute atomic E-state index is 11.6. The molecule has 0 amide bonds. The molecule has 0 aliphatic heterocycles. The molecule has 25 heavy (non-hydrogen) atoms. The number of thiophene rings is 1. The lowest BCUT2D eigenvalue weighted by Crippen LogP contribution is -2.16. The molecule has 7 heteroatoms. The lowest BCUT2D eigenvalue weighted by atomic mass is 10.1. The van der Waals surface area contributed by atoms with Gasteiger partial charge < -0.3 is 13.9 Å². The molecule has 3 heterocycles. The SMILES string of the molecule is CCOC(=O)COc1nc(-c2cccs2)cc(-c2ccco2)c1C#N. The van der Waals surface area contributed by atoms with Crippen molar-refractivity contribution in [2.75, 3.05) is 13.2 Å². The molecular weight excluding hydrogens is 340 g/mol. The van der Waals surface area contributed by atoms with Crippen LogP contribution in [0.1, 0.15) is 12.5 Å². The second kappa shape index (κ2) is 7.64. The Kier molecular flexibility index (Phi) is 5.11. The number of carbonyl (C=O) groups excluding carboxylic acids is 1. The Hall–Kier alpha value is -3.11. The monoisotopic (exact) mass is 354 g/mol. The Bertz CT molecular complexity index is 896. The standard InChI is InChI=1S/C18H14N2O4S/c1-2-22-17(21)11-24-18-13(10-19)12(15-5-3-7-23-15)9-14(20-18)16-6-4-8-25-16/h3-9H,2,11H2,1H3. The minimum atomic E-state index is -0.519. The predicted octanol–water partition coefficient (Wildman–Crippen LogP) is 3.88. The highest BCUT2D eigenvalue weighted by Crippen LogP contribution is 2.34. The van der Waals surface area contributed by atoms with E-state index >= 15 is 0 Å². The Labute approximate surface area is 148 Å². The number of rotatable bonds is 6. The molecule has 0 aliphatic carbocycles. The normalized spacial score (nSPS) is 10.2. The van der Waals surface area contributed by atoms with Crippen LogP contribution in [0.2, 0.25) is 0 Å². The first-order valence-corrected chi connectivity index (χ1v) is 8.42. The third-order valence-corrected chi connectivity index (χ3v) is 4.18. The van der Waals surface area contributed by atoms with Gasteiger partial charge in [0.1, 0.15) is 17.4 Å². The van der Waals surface area contributed by atoms with Crippen LogP contribution in [-0.4, -0.2) is 24.2 Å². The second-order valence-electron chi connectivity index (χ2n) is 4.90. The molecule has 6 nitrogen and oxygen atoms in total. The van der Waals surface area contributed by atoms with Gasteiger partial charge in [0, 0.05) is 5.56 Å². The highest BCUT2D eigenvalue weighted by Gasteiger charge is 2.19. The lowest BCUT2D eigenvalue weighted by Gasteiger charge is -2.11. The number of esters is 1. The van der Waals surface area contributed by atoms with E-state index in [1.165, 1.54) is 17.6 Å². The van der Waals surface area contributed by atoms with Crippen LogP contribution in [0.4, 0.5) is 0 Å². The van der Waals surface area contributed by atoms with Crippen LogP contribution >= 0.6 is 11.3 Å². The molecule has 0 atom stereocenters. The molecule has 0 fully saturated rings. The average Bonchev–Trinajstić information content (AvgIpc) is 3.32. The summed E-state index contributed by atoms with van der Waals surface area (Å²) in [7, 11) is 0. The number of pyridine rings is 1. The Balaban J connectivity index is 2.05. The van der Waals surface area contributed by atoms with E-state index in [2.05, 4.69) is 11.1 Å². The first-order chi connectivity index (χ1) is 12.2. The fraction of sp³-hybridized carbons (Fsp3) is 0.167. The van der Waals surface area contributed by atoms with Crippen LogP contribution in [0, 0.1) is 11.3 Å². The van der Waals surface area contributed by atoms with Crippen molar-refractivity contribution in [2.24, 2.45) is 0 Å². The number of furan rings is 1. The van der Waals surface area contributed by atoms with Crippen LogP contribution < -0.4 is 4.74 Å². The molecule has 0 aromatic carbocycles. The average molecular weight is 354 g/mol. The van der Waals surface area contributed by atoms with E-state index in [1.54, 1.807) is 25.1 Å². The van der Waals surface area contributed by atoms with Gasteiger partial charge in [-0.3, -0.25) is 0 Å². The van der Waals surface area contributed by atoms with Crippen molar-refractivity contribution in [1.82, 2.24) is 4.98 Å². The van der Waals surface area contributed by atoms with Gasteiger partial charge in [0.25, 0.3) is 0 Å². The molecule has 0 saturated heterocycles. The predicted molar refractivity (Wildman–Crippen MR) is 92.1 cm³/mol. The van der Waals surface area contributed by atoms with Crippen molar-refractivity contribution in [3.63, 3.8) is 0 Å². The van der Waals surface area contributed by atoms with E-state index in [9.17, 15) is 10.1 Å². The van der Waals surface area contributed by atoms with Gasteiger partial charge in [0.15, 0.2) is 6.61 Å². The summed E-state index contributed by atoms with van der Waals surface area (Å²) >= 11 is 1.51. The van der Waals surface area contributed by atoms with Gasteiger partial charge in [-0.2, -0.15) is 5.26 Å². The molecule has 0 bridgehead atoms. The fourth-order valence-electron chi connectivity index (χ4n) is 2.24. The van der Waals surface area contributed by atoms with E-state index in [-0.39, 0.29) is 24.7 Å².